The van der Waals surface area contributed by atoms with Crippen LogP contribution in [0.2, 0.25) is 10.0 Å². The van der Waals surface area contributed by atoms with Gasteiger partial charge < -0.3 is 4.74 Å². The molecule has 0 aliphatic carbocycles. The number of benzene rings is 1. The van der Waals surface area contributed by atoms with Gasteiger partial charge in [-0.3, -0.25) is 4.79 Å². The predicted octanol–water partition coefficient (Wildman–Crippen LogP) is 3.41. The topological polar surface area (TPSA) is 26.3 Å². The number of rotatable bonds is 1. The van der Waals surface area contributed by atoms with Crippen LogP contribution in [0.25, 0.3) is 0 Å². The number of cyclic esters (lactones) is 1. The van der Waals surface area contributed by atoms with Crippen molar-refractivity contribution in [1.29, 1.82) is 0 Å². The van der Waals surface area contributed by atoms with Crippen molar-refractivity contribution in [2.45, 2.75) is 18.8 Å². The lowest BCUT2D eigenvalue weighted by molar-refractivity contribution is -0.149. The lowest BCUT2D eigenvalue weighted by atomic mass is 9.93. The quantitative estimate of drug-likeness (QED) is 0.708. The molecule has 2 nitrogen and oxygen atoms in total. The molecule has 1 fully saturated rings. The van der Waals surface area contributed by atoms with E-state index in [1.54, 1.807) is 12.1 Å². The molecule has 0 spiro atoms. The molecule has 0 saturated carbocycles. The van der Waals surface area contributed by atoms with Crippen LogP contribution in [-0.4, -0.2) is 12.6 Å². The molecule has 0 amide bonds. The Hall–Kier alpha value is -0.730. The first-order valence-corrected chi connectivity index (χ1v) is 5.55. The van der Waals surface area contributed by atoms with Crippen molar-refractivity contribution >= 4 is 29.2 Å². The maximum Gasteiger partial charge on any atom is 0.313 e. The van der Waals surface area contributed by atoms with Crippen molar-refractivity contribution in [3.8, 4) is 0 Å². The Morgan fingerprint density at radius 2 is 2.07 bits per heavy atom. The van der Waals surface area contributed by atoms with E-state index in [-0.39, 0.29) is 11.9 Å². The molecular weight excluding hydrogens is 235 g/mol. The van der Waals surface area contributed by atoms with E-state index in [0.29, 0.717) is 16.7 Å². The number of esters is 1. The van der Waals surface area contributed by atoms with Crippen LogP contribution in [0.4, 0.5) is 0 Å². The molecule has 1 aromatic rings. The molecular formula is C11H10Cl2O2. The summed E-state index contributed by atoms with van der Waals surface area (Å²) in [4.78, 5) is 11.5. The summed E-state index contributed by atoms with van der Waals surface area (Å²) in [6.07, 6.45) is 1.72. The second-order valence-corrected chi connectivity index (χ2v) is 4.35. The van der Waals surface area contributed by atoms with E-state index in [2.05, 4.69) is 0 Å². The highest BCUT2D eigenvalue weighted by Crippen LogP contribution is 2.31. The molecule has 0 N–H and O–H groups in total. The zero-order valence-corrected chi connectivity index (χ0v) is 9.52. The Kier molecular flexibility index (Phi) is 3.17. The molecule has 1 atom stereocenters. The van der Waals surface area contributed by atoms with Crippen LogP contribution < -0.4 is 0 Å². The van der Waals surface area contributed by atoms with E-state index in [1.807, 2.05) is 6.07 Å². The van der Waals surface area contributed by atoms with Gasteiger partial charge >= 0.3 is 5.97 Å². The zero-order valence-electron chi connectivity index (χ0n) is 8.00. The summed E-state index contributed by atoms with van der Waals surface area (Å²) in [5, 5.41) is 0.983. The van der Waals surface area contributed by atoms with Crippen molar-refractivity contribution in [1.82, 2.24) is 0 Å². The van der Waals surface area contributed by atoms with Gasteiger partial charge in [0.25, 0.3) is 0 Å². The molecule has 4 heteroatoms. The smallest absolute Gasteiger partial charge is 0.313 e. The van der Waals surface area contributed by atoms with Crippen LogP contribution in [0.5, 0.6) is 0 Å². The largest absolute Gasteiger partial charge is 0.465 e. The predicted molar refractivity (Wildman–Crippen MR) is 59.4 cm³/mol. The number of carbonyl (C=O) groups is 1. The number of halogens is 2. The van der Waals surface area contributed by atoms with Crippen LogP contribution >= 0.6 is 23.2 Å². The molecule has 1 heterocycles. The minimum absolute atomic E-state index is 0.167. The average Bonchev–Trinajstić information content (AvgIpc) is 2.23. The third kappa shape index (κ3) is 2.27. The lowest BCUT2D eigenvalue weighted by Crippen LogP contribution is -2.22. The highest BCUT2D eigenvalue weighted by atomic mass is 35.5. The SMILES string of the molecule is O=C1OCCCC1c1ccc(Cl)c(Cl)c1. The zero-order chi connectivity index (χ0) is 10.8. The monoisotopic (exact) mass is 244 g/mol. The standard InChI is InChI=1S/C11H10Cl2O2/c12-9-4-3-7(6-10(9)13)8-2-1-5-15-11(8)14/h3-4,6,8H,1-2,5H2. The number of hydrogen-bond donors (Lipinski definition) is 0. The summed E-state index contributed by atoms with van der Waals surface area (Å²) >= 11 is 11.7. The molecule has 15 heavy (non-hydrogen) atoms. The Balaban J connectivity index is 2.28. The maximum atomic E-state index is 11.5. The van der Waals surface area contributed by atoms with E-state index < -0.39 is 0 Å². The van der Waals surface area contributed by atoms with E-state index >= 15 is 0 Å². The minimum Gasteiger partial charge on any atom is -0.465 e. The molecule has 1 aromatic carbocycles. The molecule has 0 radical (unpaired) electrons. The van der Waals surface area contributed by atoms with Gasteiger partial charge in [-0.2, -0.15) is 0 Å². The van der Waals surface area contributed by atoms with Crippen molar-refractivity contribution in [3.63, 3.8) is 0 Å². The lowest BCUT2D eigenvalue weighted by Gasteiger charge is -2.21. The Labute approximate surface area is 98.1 Å². The first-order chi connectivity index (χ1) is 7.18. The molecule has 80 valence electrons. The summed E-state index contributed by atoms with van der Waals surface area (Å²) in [5.41, 5.74) is 0.883. The summed E-state index contributed by atoms with van der Waals surface area (Å²) in [6.45, 7) is 0.524. The molecule has 1 aliphatic heterocycles. The average molecular weight is 245 g/mol. The molecule has 0 bridgehead atoms. The molecule has 0 aromatic heterocycles. The molecule has 1 saturated heterocycles. The fourth-order valence-corrected chi connectivity index (χ4v) is 2.02. The molecule has 2 rings (SSSR count). The second-order valence-electron chi connectivity index (χ2n) is 3.54. The van der Waals surface area contributed by atoms with Crippen LogP contribution in [-0.2, 0) is 9.53 Å². The van der Waals surface area contributed by atoms with Gasteiger partial charge in [0.15, 0.2) is 0 Å². The van der Waals surface area contributed by atoms with Crippen molar-refractivity contribution in [2.24, 2.45) is 0 Å². The summed E-state index contributed by atoms with van der Waals surface area (Å²) < 4.78 is 5.00. The van der Waals surface area contributed by atoms with E-state index in [4.69, 9.17) is 27.9 Å². The van der Waals surface area contributed by atoms with Gasteiger partial charge in [0.2, 0.25) is 0 Å². The highest BCUT2D eigenvalue weighted by molar-refractivity contribution is 6.42. The molecule has 1 unspecified atom stereocenters. The first-order valence-electron chi connectivity index (χ1n) is 4.80. The van der Waals surface area contributed by atoms with Gasteiger partial charge in [-0.25, -0.2) is 0 Å². The van der Waals surface area contributed by atoms with E-state index in [1.165, 1.54) is 0 Å². The van der Waals surface area contributed by atoms with Gasteiger partial charge in [-0.15, -0.1) is 0 Å². The highest BCUT2D eigenvalue weighted by Gasteiger charge is 2.25. The Morgan fingerprint density at radius 3 is 2.73 bits per heavy atom. The van der Waals surface area contributed by atoms with Crippen LogP contribution in [0.3, 0.4) is 0 Å². The third-order valence-corrected chi connectivity index (χ3v) is 3.25. The fourth-order valence-electron chi connectivity index (χ4n) is 1.71. The van der Waals surface area contributed by atoms with Crippen LogP contribution in [0, 0.1) is 0 Å². The number of ether oxygens (including phenoxy) is 1. The second kappa shape index (κ2) is 4.42. The maximum absolute atomic E-state index is 11.5. The van der Waals surface area contributed by atoms with Crippen molar-refractivity contribution in [2.75, 3.05) is 6.61 Å². The van der Waals surface area contributed by atoms with Gasteiger partial charge in [-0.05, 0) is 30.5 Å². The summed E-state index contributed by atoms with van der Waals surface area (Å²) in [6, 6.07) is 5.27. The van der Waals surface area contributed by atoms with Gasteiger partial charge in [0, 0.05) is 0 Å². The van der Waals surface area contributed by atoms with Crippen LogP contribution in [0.1, 0.15) is 24.3 Å². The van der Waals surface area contributed by atoms with Gasteiger partial charge in [-0.1, -0.05) is 29.3 Å². The Bertz CT molecular complexity index is 390. The summed E-state index contributed by atoms with van der Waals surface area (Å²) in [5.74, 6) is -0.354. The van der Waals surface area contributed by atoms with Crippen molar-refractivity contribution in [3.05, 3.63) is 33.8 Å². The number of hydrogen-bond acceptors (Lipinski definition) is 2. The fraction of sp³-hybridized carbons (Fsp3) is 0.364. The summed E-state index contributed by atoms with van der Waals surface area (Å²) in [7, 11) is 0. The van der Waals surface area contributed by atoms with Gasteiger partial charge in [0.05, 0.1) is 22.6 Å². The third-order valence-electron chi connectivity index (χ3n) is 2.51. The van der Waals surface area contributed by atoms with Gasteiger partial charge in [0.1, 0.15) is 0 Å². The van der Waals surface area contributed by atoms with Crippen LogP contribution in [0.15, 0.2) is 18.2 Å². The normalized spacial score (nSPS) is 21.2. The van der Waals surface area contributed by atoms with E-state index in [0.717, 1.165) is 18.4 Å². The van der Waals surface area contributed by atoms with Crippen molar-refractivity contribution < 1.29 is 9.53 Å². The minimum atomic E-state index is -0.187. The number of carbonyl (C=O) groups excluding carboxylic acids is 1. The Morgan fingerprint density at radius 1 is 1.27 bits per heavy atom. The first kappa shape index (κ1) is 10.8. The molecule has 1 aliphatic rings. The van der Waals surface area contributed by atoms with E-state index in [9.17, 15) is 4.79 Å².